The van der Waals surface area contributed by atoms with Crippen molar-refractivity contribution in [2.45, 2.75) is 5.16 Å². The van der Waals surface area contributed by atoms with Gasteiger partial charge in [0, 0.05) is 24.8 Å². The van der Waals surface area contributed by atoms with E-state index in [-0.39, 0.29) is 0 Å². The van der Waals surface area contributed by atoms with E-state index < -0.39 is 0 Å². The summed E-state index contributed by atoms with van der Waals surface area (Å²) < 4.78 is 15.9. The molecule has 0 N–H and O–H groups in total. The molecule has 5 nitrogen and oxygen atoms in total. The third-order valence-electron chi connectivity index (χ3n) is 2.64. The van der Waals surface area contributed by atoms with Gasteiger partial charge in [-0.3, -0.25) is 0 Å². The lowest BCUT2D eigenvalue weighted by Gasteiger charge is -2.08. The van der Waals surface area contributed by atoms with Gasteiger partial charge in [0.15, 0.2) is 5.16 Å². The van der Waals surface area contributed by atoms with Gasteiger partial charge in [-0.1, -0.05) is 11.8 Å². The summed E-state index contributed by atoms with van der Waals surface area (Å²) in [5.41, 5.74) is 0.891. The monoisotopic (exact) mass is 294 g/mol. The maximum Gasteiger partial charge on any atom is 0.187 e. The lowest BCUT2D eigenvalue weighted by atomic mass is 10.2. The Kier molecular flexibility index (Phi) is 6.04. The Hall–Kier alpha value is -1.37. The van der Waals surface area contributed by atoms with Crippen molar-refractivity contribution < 1.29 is 14.2 Å². The van der Waals surface area contributed by atoms with Gasteiger partial charge in [0.25, 0.3) is 0 Å². The van der Waals surface area contributed by atoms with Crippen molar-refractivity contribution in [3.8, 4) is 5.75 Å². The molecule has 0 saturated carbocycles. The molecule has 0 saturated heterocycles. The molecule has 0 spiro atoms. The first-order valence-corrected chi connectivity index (χ1v) is 7.56. The topological polar surface area (TPSA) is 53.5 Å². The minimum atomic E-state index is 0.510. The van der Waals surface area contributed by atoms with Crippen molar-refractivity contribution in [3.63, 3.8) is 0 Å². The van der Waals surface area contributed by atoms with Crippen LogP contribution < -0.4 is 4.74 Å². The van der Waals surface area contributed by atoms with Crippen molar-refractivity contribution in [1.29, 1.82) is 0 Å². The van der Waals surface area contributed by atoms with E-state index in [0.717, 1.165) is 21.8 Å². The van der Waals surface area contributed by atoms with Gasteiger partial charge >= 0.3 is 0 Å². The molecule has 0 aliphatic heterocycles. The standard InChI is InChI=1S/C14H18N2O3S/c1-17-5-6-18-7-8-19-12-4-3-11-10-15-14(20-2)16-13(11)9-12/h3-4,9-10H,5-8H2,1-2H3. The van der Waals surface area contributed by atoms with E-state index in [2.05, 4.69) is 9.97 Å². The van der Waals surface area contributed by atoms with Crippen LogP contribution in [0.25, 0.3) is 10.9 Å². The molecule has 108 valence electrons. The van der Waals surface area contributed by atoms with Gasteiger partial charge in [-0.05, 0) is 18.4 Å². The van der Waals surface area contributed by atoms with Crippen LogP contribution in [0.1, 0.15) is 0 Å². The second-order valence-electron chi connectivity index (χ2n) is 4.03. The highest BCUT2D eigenvalue weighted by Crippen LogP contribution is 2.20. The van der Waals surface area contributed by atoms with Gasteiger partial charge in [-0.15, -0.1) is 0 Å². The number of hydrogen-bond donors (Lipinski definition) is 0. The molecule has 0 aliphatic rings. The first-order chi connectivity index (χ1) is 9.83. The number of nitrogens with zero attached hydrogens (tertiary/aromatic N) is 2. The molecule has 6 heteroatoms. The predicted octanol–water partition coefficient (Wildman–Crippen LogP) is 2.39. The molecular weight excluding hydrogens is 276 g/mol. The average Bonchev–Trinajstić information content (AvgIpc) is 2.50. The normalized spacial score (nSPS) is 10.9. The molecule has 0 amide bonds. The van der Waals surface area contributed by atoms with Crippen LogP contribution in [0.3, 0.4) is 0 Å². The quantitative estimate of drug-likeness (QED) is 0.423. The Morgan fingerprint density at radius 1 is 1.15 bits per heavy atom. The Bertz CT molecular complexity index is 551. The summed E-state index contributed by atoms with van der Waals surface area (Å²) in [6, 6.07) is 5.80. The summed E-state index contributed by atoms with van der Waals surface area (Å²) in [7, 11) is 1.65. The van der Waals surface area contributed by atoms with E-state index in [0.29, 0.717) is 26.4 Å². The molecule has 2 aromatic rings. The van der Waals surface area contributed by atoms with Crippen molar-refractivity contribution in [2.24, 2.45) is 0 Å². The van der Waals surface area contributed by atoms with E-state index in [1.54, 1.807) is 7.11 Å². The molecule has 0 fully saturated rings. The van der Waals surface area contributed by atoms with E-state index in [1.807, 2.05) is 30.7 Å². The third-order valence-corrected chi connectivity index (χ3v) is 3.20. The fourth-order valence-electron chi connectivity index (χ4n) is 1.64. The average molecular weight is 294 g/mol. The number of thioether (sulfide) groups is 1. The summed E-state index contributed by atoms with van der Waals surface area (Å²) in [5.74, 6) is 0.790. The highest BCUT2D eigenvalue weighted by Gasteiger charge is 2.01. The van der Waals surface area contributed by atoms with Crippen molar-refractivity contribution in [1.82, 2.24) is 9.97 Å². The number of ether oxygens (including phenoxy) is 3. The maximum absolute atomic E-state index is 5.63. The Morgan fingerprint density at radius 3 is 2.80 bits per heavy atom. The van der Waals surface area contributed by atoms with Crippen LogP contribution in [0.4, 0.5) is 0 Å². The molecule has 2 rings (SSSR count). The minimum absolute atomic E-state index is 0.510. The zero-order valence-corrected chi connectivity index (χ0v) is 12.5. The third kappa shape index (κ3) is 4.33. The molecule has 0 radical (unpaired) electrons. The SMILES string of the molecule is COCCOCCOc1ccc2cnc(SC)nc2c1. The molecule has 20 heavy (non-hydrogen) atoms. The highest BCUT2D eigenvalue weighted by atomic mass is 32.2. The summed E-state index contributed by atoms with van der Waals surface area (Å²) in [6.07, 6.45) is 3.78. The van der Waals surface area contributed by atoms with Gasteiger partial charge in [-0.25, -0.2) is 9.97 Å². The van der Waals surface area contributed by atoms with Crippen molar-refractivity contribution in [3.05, 3.63) is 24.4 Å². The van der Waals surface area contributed by atoms with Crippen LogP contribution in [0.2, 0.25) is 0 Å². The minimum Gasteiger partial charge on any atom is -0.491 e. The van der Waals surface area contributed by atoms with Crippen LogP contribution in [0.15, 0.2) is 29.6 Å². The second-order valence-corrected chi connectivity index (χ2v) is 4.80. The van der Waals surface area contributed by atoms with E-state index in [9.17, 15) is 0 Å². The largest absolute Gasteiger partial charge is 0.491 e. The number of hydrogen-bond acceptors (Lipinski definition) is 6. The van der Waals surface area contributed by atoms with Gasteiger partial charge in [0.05, 0.1) is 25.3 Å². The first-order valence-electron chi connectivity index (χ1n) is 6.34. The second kappa shape index (κ2) is 8.04. The van der Waals surface area contributed by atoms with E-state index >= 15 is 0 Å². The van der Waals surface area contributed by atoms with Crippen molar-refractivity contribution >= 4 is 22.7 Å². The molecule has 1 aromatic heterocycles. The first kappa shape index (κ1) is 15.0. The predicted molar refractivity (Wildman–Crippen MR) is 79.5 cm³/mol. The van der Waals surface area contributed by atoms with E-state index in [1.165, 1.54) is 11.8 Å². The number of aromatic nitrogens is 2. The summed E-state index contributed by atoms with van der Waals surface area (Å²) >= 11 is 1.52. The van der Waals surface area contributed by atoms with Crippen LogP contribution in [-0.4, -0.2) is 49.8 Å². The van der Waals surface area contributed by atoms with Gasteiger partial charge < -0.3 is 14.2 Å². The summed E-state index contributed by atoms with van der Waals surface area (Å²) in [4.78, 5) is 8.69. The number of rotatable bonds is 8. The smallest absolute Gasteiger partial charge is 0.187 e. The molecule has 1 heterocycles. The van der Waals surface area contributed by atoms with Crippen LogP contribution in [-0.2, 0) is 9.47 Å². The fraction of sp³-hybridized carbons (Fsp3) is 0.429. The maximum atomic E-state index is 5.63. The molecule has 0 unspecified atom stereocenters. The van der Waals surface area contributed by atoms with Gasteiger partial charge in [0.1, 0.15) is 12.4 Å². The molecule has 0 bridgehead atoms. The Balaban J connectivity index is 1.90. The van der Waals surface area contributed by atoms with Crippen LogP contribution in [0, 0.1) is 0 Å². The lowest BCUT2D eigenvalue weighted by molar-refractivity contribution is 0.0544. The Labute approximate surface area is 122 Å². The summed E-state index contributed by atoms with van der Waals surface area (Å²) in [5, 5.41) is 1.77. The molecular formula is C14H18N2O3S. The van der Waals surface area contributed by atoms with Crippen molar-refractivity contribution in [2.75, 3.05) is 39.8 Å². The lowest BCUT2D eigenvalue weighted by Crippen LogP contribution is -2.09. The number of fused-ring (bicyclic) bond motifs is 1. The molecule has 0 aliphatic carbocycles. The zero-order valence-electron chi connectivity index (χ0n) is 11.7. The highest BCUT2D eigenvalue weighted by molar-refractivity contribution is 7.98. The van der Waals surface area contributed by atoms with Gasteiger partial charge in [-0.2, -0.15) is 0 Å². The van der Waals surface area contributed by atoms with E-state index in [4.69, 9.17) is 14.2 Å². The zero-order chi connectivity index (χ0) is 14.2. The molecule has 0 atom stereocenters. The summed E-state index contributed by atoms with van der Waals surface area (Å²) in [6.45, 7) is 2.24. The number of benzene rings is 1. The van der Waals surface area contributed by atoms with Gasteiger partial charge in [0.2, 0.25) is 0 Å². The molecule has 1 aromatic carbocycles. The fourth-order valence-corrected chi connectivity index (χ4v) is 1.98. The number of methoxy groups -OCH3 is 1. The Morgan fingerprint density at radius 2 is 2.00 bits per heavy atom. The van der Waals surface area contributed by atoms with Crippen LogP contribution in [0.5, 0.6) is 5.75 Å². The van der Waals surface area contributed by atoms with Crippen LogP contribution >= 0.6 is 11.8 Å².